The minimum Gasteiger partial charge on any atom is -0.464 e. The van der Waals surface area contributed by atoms with E-state index in [9.17, 15) is 8.42 Å². The van der Waals surface area contributed by atoms with E-state index in [2.05, 4.69) is 12.2 Å². The number of benzene rings is 3. The SMILES string of the molecule is CCNc1ccc(-c2ccc3cc(OC(CC)OS(=O)(=O)c4ccc(C)cc4OC4CCCCO4)ccc3n2)cc1. The van der Waals surface area contributed by atoms with E-state index >= 15 is 0 Å². The quantitative estimate of drug-likeness (QED) is 0.150. The Kier molecular flexibility index (Phi) is 9.07. The second-order valence-electron chi connectivity index (χ2n) is 10.0. The average Bonchev–Trinajstić information content (AvgIpc) is 2.97. The number of ether oxygens (including phenoxy) is 3. The van der Waals surface area contributed by atoms with Crippen LogP contribution in [0, 0.1) is 6.92 Å². The molecule has 1 aliphatic heterocycles. The average molecular weight is 577 g/mol. The van der Waals surface area contributed by atoms with Crippen molar-refractivity contribution >= 4 is 26.7 Å². The Morgan fingerprint density at radius 3 is 2.56 bits per heavy atom. The standard InChI is InChI=1S/C32H36N2O6S/c1-4-31(40-41(35,36)30-18-9-22(3)20-29(30)39-32-8-6-7-19-37-32)38-26-15-17-28-24(21-26)12-16-27(34-28)23-10-13-25(14-11-23)33-5-2/h9-18,20-21,31-33H,4-8,19H2,1-3H3. The zero-order chi connectivity index (χ0) is 28.8. The van der Waals surface area contributed by atoms with Gasteiger partial charge in [0, 0.05) is 36.0 Å². The van der Waals surface area contributed by atoms with Gasteiger partial charge in [-0.25, -0.2) is 9.17 Å². The van der Waals surface area contributed by atoms with Crippen molar-refractivity contribution in [1.29, 1.82) is 0 Å². The van der Waals surface area contributed by atoms with Crippen LogP contribution in [0.2, 0.25) is 0 Å². The highest BCUT2D eigenvalue weighted by atomic mass is 32.2. The van der Waals surface area contributed by atoms with Crippen molar-refractivity contribution in [3.05, 3.63) is 78.4 Å². The number of hydrogen-bond donors (Lipinski definition) is 1. The fourth-order valence-electron chi connectivity index (χ4n) is 4.68. The normalized spacial score (nSPS) is 16.3. The van der Waals surface area contributed by atoms with E-state index in [1.165, 1.54) is 6.07 Å². The fourth-order valence-corrected chi connectivity index (χ4v) is 5.83. The van der Waals surface area contributed by atoms with Crippen LogP contribution in [0.1, 0.15) is 45.1 Å². The van der Waals surface area contributed by atoms with Crippen LogP contribution >= 0.6 is 0 Å². The molecule has 1 aliphatic rings. The largest absolute Gasteiger partial charge is 0.464 e. The molecule has 5 rings (SSSR count). The minimum absolute atomic E-state index is 0.0481. The molecule has 0 amide bonds. The molecular weight excluding hydrogens is 540 g/mol. The number of fused-ring (bicyclic) bond motifs is 1. The fraction of sp³-hybridized carbons (Fsp3) is 0.344. The Labute approximate surface area is 241 Å². The zero-order valence-corrected chi connectivity index (χ0v) is 24.4. The van der Waals surface area contributed by atoms with Crippen molar-refractivity contribution < 1.29 is 26.8 Å². The maximum atomic E-state index is 13.4. The summed E-state index contributed by atoms with van der Waals surface area (Å²) in [4.78, 5) is 4.75. The molecule has 3 aromatic carbocycles. The third-order valence-electron chi connectivity index (χ3n) is 6.82. The van der Waals surface area contributed by atoms with Gasteiger partial charge < -0.3 is 19.5 Å². The highest BCUT2D eigenvalue weighted by Crippen LogP contribution is 2.31. The lowest BCUT2D eigenvalue weighted by Gasteiger charge is -2.25. The third-order valence-corrected chi connectivity index (χ3v) is 8.17. The van der Waals surface area contributed by atoms with Gasteiger partial charge in [-0.05, 0) is 80.8 Å². The van der Waals surface area contributed by atoms with Crippen LogP contribution in [0.15, 0.2) is 77.7 Å². The van der Waals surface area contributed by atoms with Crippen molar-refractivity contribution in [1.82, 2.24) is 4.98 Å². The summed E-state index contributed by atoms with van der Waals surface area (Å²) in [7, 11) is -4.20. The number of rotatable bonds is 11. The second kappa shape index (κ2) is 12.9. The predicted octanol–water partition coefficient (Wildman–Crippen LogP) is 7.07. The van der Waals surface area contributed by atoms with Crippen molar-refractivity contribution in [2.45, 2.75) is 63.9 Å². The highest BCUT2D eigenvalue weighted by molar-refractivity contribution is 7.86. The number of nitrogens with zero attached hydrogens (tertiary/aromatic N) is 1. The summed E-state index contributed by atoms with van der Waals surface area (Å²) < 4.78 is 49.9. The lowest BCUT2D eigenvalue weighted by Crippen LogP contribution is -2.27. The number of pyridine rings is 1. The van der Waals surface area contributed by atoms with Crippen molar-refractivity contribution in [2.75, 3.05) is 18.5 Å². The van der Waals surface area contributed by atoms with Gasteiger partial charge in [0.25, 0.3) is 0 Å². The van der Waals surface area contributed by atoms with Crippen LogP contribution < -0.4 is 14.8 Å². The van der Waals surface area contributed by atoms with Gasteiger partial charge in [-0.1, -0.05) is 31.2 Å². The Hall–Kier alpha value is -3.66. The Bertz CT molecular complexity index is 1580. The molecule has 1 N–H and O–H groups in total. The molecule has 41 heavy (non-hydrogen) atoms. The summed E-state index contributed by atoms with van der Waals surface area (Å²) in [5.74, 6) is 0.704. The van der Waals surface area contributed by atoms with Gasteiger partial charge in [-0.2, -0.15) is 8.42 Å². The molecule has 2 unspecified atom stereocenters. The van der Waals surface area contributed by atoms with E-state index in [4.69, 9.17) is 23.4 Å². The van der Waals surface area contributed by atoms with E-state index in [1.807, 2.05) is 55.5 Å². The molecule has 9 heteroatoms. The second-order valence-corrected chi connectivity index (χ2v) is 11.6. The summed E-state index contributed by atoms with van der Waals surface area (Å²) in [5, 5.41) is 4.16. The monoisotopic (exact) mass is 576 g/mol. The Balaban J connectivity index is 1.31. The summed E-state index contributed by atoms with van der Waals surface area (Å²) >= 11 is 0. The Morgan fingerprint density at radius 1 is 1.00 bits per heavy atom. The lowest BCUT2D eigenvalue weighted by molar-refractivity contribution is -0.107. The highest BCUT2D eigenvalue weighted by Gasteiger charge is 2.28. The minimum atomic E-state index is -4.20. The van der Waals surface area contributed by atoms with E-state index < -0.39 is 22.7 Å². The molecule has 216 valence electrons. The van der Waals surface area contributed by atoms with E-state index in [0.717, 1.165) is 52.8 Å². The van der Waals surface area contributed by atoms with Gasteiger partial charge >= 0.3 is 10.1 Å². The number of hydrogen-bond acceptors (Lipinski definition) is 8. The number of aromatic nitrogens is 1. The first-order valence-electron chi connectivity index (χ1n) is 14.1. The van der Waals surface area contributed by atoms with Crippen LogP contribution in [0.4, 0.5) is 5.69 Å². The first kappa shape index (κ1) is 28.9. The topological polar surface area (TPSA) is 96.0 Å². The molecule has 0 radical (unpaired) electrons. The van der Waals surface area contributed by atoms with E-state index in [1.54, 1.807) is 25.1 Å². The van der Waals surface area contributed by atoms with Crippen LogP contribution in [0.3, 0.4) is 0 Å². The maximum Gasteiger partial charge on any atom is 0.303 e. The van der Waals surface area contributed by atoms with E-state index in [0.29, 0.717) is 25.2 Å². The first-order valence-corrected chi connectivity index (χ1v) is 15.5. The van der Waals surface area contributed by atoms with Crippen molar-refractivity contribution in [2.24, 2.45) is 0 Å². The molecule has 1 fully saturated rings. The van der Waals surface area contributed by atoms with Crippen LogP contribution in [0.5, 0.6) is 11.5 Å². The van der Waals surface area contributed by atoms with Gasteiger partial charge in [0.15, 0.2) is 6.29 Å². The summed E-state index contributed by atoms with van der Waals surface area (Å²) in [6.07, 6.45) is 1.43. The summed E-state index contributed by atoms with van der Waals surface area (Å²) in [6.45, 7) is 7.20. The van der Waals surface area contributed by atoms with Crippen molar-refractivity contribution in [3.8, 4) is 22.8 Å². The molecule has 8 nitrogen and oxygen atoms in total. The molecule has 2 atom stereocenters. The number of aryl methyl sites for hydroxylation is 1. The third kappa shape index (κ3) is 7.16. The van der Waals surface area contributed by atoms with Gasteiger partial charge in [0.05, 0.1) is 17.8 Å². The molecule has 4 aromatic rings. The Morgan fingerprint density at radius 2 is 1.83 bits per heavy atom. The summed E-state index contributed by atoms with van der Waals surface area (Å²) in [6, 6.07) is 22.5. The van der Waals surface area contributed by atoms with Crippen LogP contribution in [-0.4, -0.2) is 39.1 Å². The van der Waals surface area contributed by atoms with E-state index in [-0.39, 0.29) is 10.6 Å². The summed E-state index contributed by atoms with van der Waals surface area (Å²) in [5.41, 5.74) is 4.63. The van der Waals surface area contributed by atoms with Gasteiger partial charge in [-0.3, -0.25) is 0 Å². The van der Waals surface area contributed by atoms with Gasteiger partial charge in [0.1, 0.15) is 16.4 Å². The molecule has 1 aromatic heterocycles. The molecule has 0 saturated carbocycles. The smallest absolute Gasteiger partial charge is 0.303 e. The lowest BCUT2D eigenvalue weighted by atomic mass is 10.1. The van der Waals surface area contributed by atoms with Gasteiger partial charge in [-0.15, -0.1) is 0 Å². The van der Waals surface area contributed by atoms with Crippen molar-refractivity contribution in [3.63, 3.8) is 0 Å². The molecule has 0 aliphatic carbocycles. The molecule has 2 heterocycles. The molecule has 0 spiro atoms. The molecule has 0 bridgehead atoms. The maximum absolute atomic E-state index is 13.4. The van der Waals surface area contributed by atoms with Crippen LogP contribution in [0.25, 0.3) is 22.2 Å². The molecular formula is C32H36N2O6S. The van der Waals surface area contributed by atoms with Gasteiger partial charge in [0.2, 0.25) is 6.29 Å². The van der Waals surface area contributed by atoms with Crippen LogP contribution in [-0.2, 0) is 19.0 Å². The molecule has 1 saturated heterocycles. The first-order chi connectivity index (χ1) is 19.8. The number of anilines is 1. The zero-order valence-electron chi connectivity index (χ0n) is 23.6. The number of nitrogens with one attached hydrogen (secondary N) is 1. The predicted molar refractivity (Wildman–Crippen MR) is 160 cm³/mol.